The zero-order valence-corrected chi connectivity index (χ0v) is 14.8. The van der Waals surface area contributed by atoms with Crippen LogP contribution in [-0.2, 0) is 11.3 Å². The van der Waals surface area contributed by atoms with Gasteiger partial charge in [-0.05, 0) is 41.6 Å². The average molecular weight is 369 g/mol. The zero-order valence-electron chi connectivity index (χ0n) is 14.0. The molecule has 0 bridgehead atoms. The Balaban J connectivity index is 1.69. The number of fused-ring (bicyclic) bond motifs is 1. The highest BCUT2D eigenvalue weighted by Crippen LogP contribution is 2.38. The number of Topliss-reactive ketones (excluding diaryl/α,β-unsaturated/α-hetero) is 1. The molecule has 0 radical (unpaired) electrons. The first kappa shape index (κ1) is 16.7. The lowest BCUT2D eigenvalue weighted by molar-refractivity contribution is -0.116. The van der Waals surface area contributed by atoms with Crippen LogP contribution in [0, 0.1) is 5.82 Å². The van der Waals surface area contributed by atoms with Gasteiger partial charge in [-0.25, -0.2) is 9.07 Å². The Kier molecular flexibility index (Phi) is 4.16. The minimum Gasteiger partial charge on any atom is -0.311 e. The van der Waals surface area contributed by atoms with E-state index in [1.807, 2.05) is 17.5 Å². The van der Waals surface area contributed by atoms with E-state index in [0.29, 0.717) is 23.7 Å². The van der Waals surface area contributed by atoms with E-state index in [1.165, 1.54) is 30.4 Å². The number of hydrogen-bond donors (Lipinski definition) is 1. The number of aromatic nitrogens is 2. The molecule has 3 heterocycles. The SMILES string of the molecule is CC(=O)c1cc(C2CC(=O)Nc3c2cnn3Cc2cccc(F)c2)cs1. The molecule has 1 aliphatic heterocycles. The van der Waals surface area contributed by atoms with Crippen LogP contribution in [0.2, 0.25) is 0 Å². The Hall–Kier alpha value is -2.80. The van der Waals surface area contributed by atoms with Crippen molar-refractivity contribution in [3.05, 3.63) is 69.3 Å². The summed E-state index contributed by atoms with van der Waals surface area (Å²) < 4.78 is 15.1. The summed E-state index contributed by atoms with van der Waals surface area (Å²) in [6.45, 7) is 1.90. The van der Waals surface area contributed by atoms with Crippen LogP contribution in [0.25, 0.3) is 0 Å². The van der Waals surface area contributed by atoms with Crippen molar-refractivity contribution in [3.63, 3.8) is 0 Å². The van der Waals surface area contributed by atoms with Gasteiger partial charge in [-0.3, -0.25) is 9.59 Å². The Morgan fingerprint density at radius 1 is 1.42 bits per heavy atom. The van der Waals surface area contributed by atoms with Crippen LogP contribution in [0.15, 0.2) is 41.9 Å². The van der Waals surface area contributed by atoms with Gasteiger partial charge < -0.3 is 5.32 Å². The van der Waals surface area contributed by atoms with Crippen LogP contribution in [0.4, 0.5) is 10.2 Å². The Bertz CT molecular complexity index is 1010. The van der Waals surface area contributed by atoms with E-state index < -0.39 is 0 Å². The number of benzene rings is 1. The molecule has 0 saturated heterocycles. The molecule has 2 aromatic heterocycles. The number of nitrogens with zero attached hydrogens (tertiary/aromatic N) is 2. The summed E-state index contributed by atoms with van der Waals surface area (Å²) in [5, 5.41) is 9.19. The molecular formula is C19H16FN3O2S. The zero-order chi connectivity index (χ0) is 18.3. The maximum absolute atomic E-state index is 13.4. The molecule has 5 nitrogen and oxygen atoms in total. The fourth-order valence-electron chi connectivity index (χ4n) is 3.21. The van der Waals surface area contributed by atoms with Crippen molar-refractivity contribution in [2.45, 2.75) is 25.8 Å². The number of rotatable bonds is 4. The van der Waals surface area contributed by atoms with Crippen LogP contribution >= 0.6 is 11.3 Å². The van der Waals surface area contributed by atoms with Crippen molar-refractivity contribution in [2.75, 3.05) is 5.32 Å². The van der Waals surface area contributed by atoms with Crippen molar-refractivity contribution in [3.8, 4) is 0 Å². The van der Waals surface area contributed by atoms with Crippen molar-refractivity contribution >= 4 is 28.8 Å². The predicted octanol–water partition coefficient (Wildman–Crippen LogP) is 3.81. The number of hydrogen-bond acceptors (Lipinski definition) is 4. The summed E-state index contributed by atoms with van der Waals surface area (Å²) in [4.78, 5) is 24.5. The van der Waals surface area contributed by atoms with Crippen LogP contribution in [0.5, 0.6) is 0 Å². The molecule has 0 aliphatic carbocycles. The molecular weight excluding hydrogens is 353 g/mol. The van der Waals surface area contributed by atoms with Gasteiger partial charge in [-0.2, -0.15) is 5.10 Å². The molecule has 3 aromatic rings. The monoisotopic (exact) mass is 369 g/mol. The lowest BCUT2D eigenvalue weighted by Crippen LogP contribution is -2.24. The lowest BCUT2D eigenvalue weighted by atomic mass is 9.89. The first-order valence-electron chi connectivity index (χ1n) is 8.20. The second kappa shape index (κ2) is 6.49. The highest BCUT2D eigenvalue weighted by atomic mass is 32.1. The molecule has 4 rings (SSSR count). The molecule has 1 aliphatic rings. The molecule has 7 heteroatoms. The summed E-state index contributed by atoms with van der Waals surface area (Å²) in [7, 11) is 0. The van der Waals surface area contributed by atoms with Crippen molar-refractivity contribution in [1.82, 2.24) is 9.78 Å². The van der Waals surface area contributed by atoms with Gasteiger partial charge in [0.15, 0.2) is 5.78 Å². The number of halogens is 1. The number of thiophene rings is 1. The van der Waals surface area contributed by atoms with Gasteiger partial charge in [0, 0.05) is 17.9 Å². The summed E-state index contributed by atoms with van der Waals surface area (Å²) in [6.07, 6.45) is 2.05. The highest BCUT2D eigenvalue weighted by Gasteiger charge is 2.30. The van der Waals surface area contributed by atoms with Gasteiger partial charge in [0.25, 0.3) is 0 Å². The number of amides is 1. The first-order chi connectivity index (χ1) is 12.5. The van der Waals surface area contributed by atoms with Gasteiger partial charge in [0.05, 0.1) is 17.6 Å². The third kappa shape index (κ3) is 3.06. The molecule has 26 heavy (non-hydrogen) atoms. The van der Waals surface area contributed by atoms with Gasteiger partial charge in [-0.1, -0.05) is 12.1 Å². The number of nitrogens with one attached hydrogen (secondary N) is 1. The topological polar surface area (TPSA) is 64.0 Å². The van der Waals surface area contributed by atoms with Crippen molar-refractivity contribution < 1.29 is 14.0 Å². The molecule has 132 valence electrons. The lowest BCUT2D eigenvalue weighted by Gasteiger charge is -2.23. The fourth-order valence-corrected chi connectivity index (χ4v) is 4.08. The summed E-state index contributed by atoms with van der Waals surface area (Å²) in [5.41, 5.74) is 2.62. The molecule has 0 saturated carbocycles. The van der Waals surface area contributed by atoms with E-state index in [1.54, 1.807) is 16.9 Å². The largest absolute Gasteiger partial charge is 0.311 e. The molecule has 1 atom stereocenters. The Labute approximate surface area is 153 Å². The second-order valence-electron chi connectivity index (χ2n) is 6.34. The van der Waals surface area contributed by atoms with Crippen molar-refractivity contribution in [2.24, 2.45) is 0 Å². The minimum absolute atomic E-state index is 0.0172. The fraction of sp³-hybridized carbons (Fsp3) is 0.211. The summed E-state index contributed by atoms with van der Waals surface area (Å²) in [5.74, 6) is 0.110. The quantitative estimate of drug-likeness (QED) is 0.712. The molecule has 1 amide bonds. The summed E-state index contributed by atoms with van der Waals surface area (Å²) >= 11 is 1.39. The van der Waals surface area contributed by atoms with E-state index in [2.05, 4.69) is 10.4 Å². The molecule has 1 N–H and O–H groups in total. The second-order valence-corrected chi connectivity index (χ2v) is 7.25. The number of carbonyl (C=O) groups is 2. The molecule has 0 spiro atoms. The van der Waals surface area contributed by atoms with Gasteiger partial charge >= 0.3 is 0 Å². The predicted molar refractivity (Wildman–Crippen MR) is 97.1 cm³/mol. The van der Waals surface area contributed by atoms with Crippen LogP contribution < -0.4 is 5.32 Å². The van der Waals surface area contributed by atoms with E-state index in [-0.39, 0.29) is 23.4 Å². The standard InChI is InChI=1S/C19H16FN3O2S/c1-11(24)17-6-13(10-26-17)15-7-18(25)22-19-16(15)8-21-23(19)9-12-3-2-4-14(20)5-12/h2-6,8,10,15H,7,9H2,1H3,(H,22,25). The number of ketones is 1. The van der Waals surface area contributed by atoms with Crippen LogP contribution in [0.1, 0.15) is 45.6 Å². The minimum atomic E-state index is -0.305. The summed E-state index contributed by atoms with van der Waals surface area (Å²) in [6, 6.07) is 8.16. The Morgan fingerprint density at radius 3 is 3.00 bits per heavy atom. The van der Waals surface area contributed by atoms with Crippen LogP contribution in [-0.4, -0.2) is 21.5 Å². The van der Waals surface area contributed by atoms with Crippen LogP contribution in [0.3, 0.4) is 0 Å². The van der Waals surface area contributed by atoms with Gasteiger partial charge in [0.1, 0.15) is 11.6 Å². The first-order valence-corrected chi connectivity index (χ1v) is 9.08. The smallest absolute Gasteiger partial charge is 0.226 e. The van der Waals surface area contributed by atoms with E-state index in [9.17, 15) is 14.0 Å². The van der Waals surface area contributed by atoms with Gasteiger partial charge in [-0.15, -0.1) is 11.3 Å². The average Bonchev–Trinajstić information content (AvgIpc) is 3.22. The van der Waals surface area contributed by atoms with E-state index in [4.69, 9.17) is 0 Å². The van der Waals surface area contributed by atoms with E-state index >= 15 is 0 Å². The maximum atomic E-state index is 13.4. The highest BCUT2D eigenvalue weighted by molar-refractivity contribution is 7.12. The normalized spacial score (nSPS) is 16.2. The molecule has 1 unspecified atom stereocenters. The third-order valence-corrected chi connectivity index (χ3v) is 5.53. The number of carbonyl (C=O) groups excluding carboxylic acids is 2. The molecule has 0 fully saturated rings. The van der Waals surface area contributed by atoms with E-state index in [0.717, 1.165) is 16.7 Å². The van der Waals surface area contributed by atoms with Gasteiger partial charge in [0.2, 0.25) is 5.91 Å². The third-order valence-electron chi connectivity index (χ3n) is 4.48. The van der Waals surface area contributed by atoms with Crippen molar-refractivity contribution in [1.29, 1.82) is 0 Å². The Morgan fingerprint density at radius 2 is 2.27 bits per heavy atom. The maximum Gasteiger partial charge on any atom is 0.226 e. The number of anilines is 1. The molecule has 1 aromatic carbocycles.